The second-order valence-electron chi connectivity index (χ2n) is 7.74. The van der Waals surface area contributed by atoms with Crippen LogP contribution in [-0.2, 0) is 17.6 Å². The van der Waals surface area contributed by atoms with E-state index < -0.39 is 0 Å². The maximum absolute atomic E-state index is 12.5. The fourth-order valence-corrected chi connectivity index (χ4v) is 3.86. The van der Waals surface area contributed by atoms with Gasteiger partial charge in [-0.05, 0) is 66.3 Å². The minimum Gasteiger partial charge on any atom is -0.483 e. The van der Waals surface area contributed by atoms with E-state index in [0.717, 1.165) is 24.2 Å². The zero-order chi connectivity index (χ0) is 19.2. The van der Waals surface area contributed by atoms with Gasteiger partial charge < -0.3 is 10.1 Å². The molecule has 3 rings (SSSR count). The number of rotatable bonds is 7. The molecule has 0 heterocycles. The highest BCUT2D eigenvalue weighted by Crippen LogP contribution is 2.27. The monoisotopic (exact) mass is 365 g/mol. The van der Waals surface area contributed by atoms with Crippen LogP contribution in [0.1, 0.15) is 74.2 Å². The molecule has 0 aliphatic heterocycles. The highest BCUT2D eigenvalue weighted by Gasteiger charge is 2.17. The van der Waals surface area contributed by atoms with Crippen LogP contribution in [0, 0.1) is 0 Å². The summed E-state index contributed by atoms with van der Waals surface area (Å²) in [6.07, 6.45) is 5.76. The third kappa shape index (κ3) is 4.91. The topological polar surface area (TPSA) is 38.3 Å². The molecule has 3 heteroatoms. The van der Waals surface area contributed by atoms with Crippen molar-refractivity contribution < 1.29 is 9.53 Å². The molecule has 0 unspecified atom stereocenters. The molecule has 27 heavy (non-hydrogen) atoms. The molecule has 0 saturated heterocycles. The largest absolute Gasteiger partial charge is 0.483 e. The third-order valence-corrected chi connectivity index (χ3v) is 5.42. The molecule has 0 spiro atoms. The van der Waals surface area contributed by atoms with Gasteiger partial charge in [0, 0.05) is 0 Å². The number of amides is 1. The Morgan fingerprint density at radius 3 is 2.56 bits per heavy atom. The Morgan fingerprint density at radius 1 is 1.07 bits per heavy atom. The zero-order valence-corrected chi connectivity index (χ0v) is 16.8. The second kappa shape index (κ2) is 9.07. The van der Waals surface area contributed by atoms with Gasteiger partial charge >= 0.3 is 0 Å². The van der Waals surface area contributed by atoms with Crippen molar-refractivity contribution in [2.24, 2.45) is 0 Å². The Kier molecular flexibility index (Phi) is 6.54. The van der Waals surface area contributed by atoms with Gasteiger partial charge in [0.15, 0.2) is 6.61 Å². The standard InChI is InChI=1S/C24H31NO2/c1-4-22(20-14-13-18-9-5-6-10-19(18)15-20)25-24(26)16-27-23-12-8-7-11-21(23)17(2)3/h7-8,11-15,17,22H,4-6,9-10,16H2,1-3H3,(H,25,26)/t22-/m0/s1. The molecule has 1 amide bonds. The van der Waals surface area contributed by atoms with Crippen molar-refractivity contribution in [2.45, 2.75) is 64.8 Å². The van der Waals surface area contributed by atoms with E-state index in [9.17, 15) is 4.79 Å². The van der Waals surface area contributed by atoms with E-state index in [4.69, 9.17) is 4.74 Å². The summed E-state index contributed by atoms with van der Waals surface area (Å²) < 4.78 is 5.82. The number of carbonyl (C=O) groups excluding carboxylic acids is 1. The van der Waals surface area contributed by atoms with Gasteiger partial charge in [-0.25, -0.2) is 0 Å². The summed E-state index contributed by atoms with van der Waals surface area (Å²) in [5.74, 6) is 1.09. The lowest BCUT2D eigenvalue weighted by molar-refractivity contribution is -0.123. The number of para-hydroxylation sites is 1. The molecule has 1 atom stereocenters. The van der Waals surface area contributed by atoms with Crippen LogP contribution < -0.4 is 10.1 Å². The van der Waals surface area contributed by atoms with Crippen molar-refractivity contribution in [3.05, 3.63) is 64.7 Å². The normalized spacial score (nSPS) is 14.5. The first-order valence-electron chi connectivity index (χ1n) is 10.2. The molecule has 0 radical (unpaired) electrons. The van der Waals surface area contributed by atoms with E-state index in [2.05, 4.69) is 50.4 Å². The molecule has 2 aromatic rings. The van der Waals surface area contributed by atoms with Gasteiger partial charge in [-0.1, -0.05) is 57.2 Å². The lowest BCUT2D eigenvalue weighted by atomic mass is 9.89. The maximum Gasteiger partial charge on any atom is 0.258 e. The molecule has 0 saturated carbocycles. The quantitative estimate of drug-likeness (QED) is 0.720. The summed E-state index contributed by atoms with van der Waals surface area (Å²) in [7, 11) is 0. The minimum absolute atomic E-state index is 0.0358. The van der Waals surface area contributed by atoms with E-state index in [-0.39, 0.29) is 18.6 Å². The highest BCUT2D eigenvalue weighted by atomic mass is 16.5. The van der Waals surface area contributed by atoms with E-state index in [1.165, 1.54) is 36.0 Å². The lowest BCUT2D eigenvalue weighted by Crippen LogP contribution is -2.32. The predicted octanol–water partition coefficient (Wildman–Crippen LogP) is 5.34. The van der Waals surface area contributed by atoms with Crippen molar-refractivity contribution in [3.63, 3.8) is 0 Å². The molecule has 0 bridgehead atoms. The molecule has 2 aromatic carbocycles. The van der Waals surface area contributed by atoms with Gasteiger partial charge in [0.1, 0.15) is 5.75 Å². The lowest BCUT2D eigenvalue weighted by Gasteiger charge is -2.22. The van der Waals surface area contributed by atoms with Crippen molar-refractivity contribution in [1.29, 1.82) is 0 Å². The minimum atomic E-state index is -0.0712. The number of hydrogen-bond donors (Lipinski definition) is 1. The van der Waals surface area contributed by atoms with Gasteiger partial charge in [-0.2, -0.15) is 0 Å². The SMILES string of the molecule is CC[C@H](NC(=O)COc1ccccc1C(C)C)c1ccc2c(c1)CCCC2. The number of fused-ring (bicyclic) bond motifs is 1. The van der Waals surface area contributed by atoms with Gasteiger partial charge in [-0.15, -0.1) is 0 Å². The van der Waals surface area contributed by atoms with Crippen molar-refractivity contribution in [1.82, 2.24) is 5.32 Å². The Bertz CT molecular complexity index is 782. The summed E-state index contributed by atoms with van der Waals surface area (Å²) in [6, 6.07) is 14.7. The molecule has 1 N–H and O–H groups in total. The average molecular weight is 366 g/mol. The van der Waals surface area contributed by atoms with Crippen LogP contribution in [-0.4, -0.2) is 12.5 Å². The number of carbonyl (C=O) groups is 1. The van der Waals surface area contributed by atoms with Crippen molar-refractivity contribution in [2.75, 3.05) is 6.61 Å². The Morgan fingerprint density at radius 2 is 1.81 bits per heavy atom. The Hall–Kier alpha value is -2.29. The number of ether oxygens (including phenoxy) is 1. The third-order valence-electron chi connectivity index (χ3n) is 5.42. The van der Waals surface area contributed by atoms with E-state index in [1.807, 2.05) is 18.2 Å². The first-order chi connectivity index (χ1) is 13.1. The molecular formula is C24H31NO2. The molecule has 1 aliphatic carbocycles. The number of nitrogens with one attached hydrogen (secondary N) is 1. The highest BCUT2D eigenvalue weighted by molar-refractivity contribution is 5.78. The summed E-state index contributed by atoms with van der Waals surface area (Å²) in [4.78, 5) is 12.5. The van der Waals surface area contributed by atoms with Crippen molar-refractivity contribution >= 4 is 5.91 Å². The summed E-state index contributed by atoms with van der Waals surface area (Å²) in [6.45, 7) is 6.42. The van der Waals surface area contributed by atoms with E-state index in [0.29, 0.717) is 5.92 Å². The van der Waals surface area contributed by atoms with Crippen LogP contribution >= 0.6 is 0 Å². The smallest absolute Gasteiger partial charge is 0.258 e. The van der Waals surface area contributed by atoms with Crippen LogP contribution in [0.5, 0.6) is 5.75 Å². The summed E-state index contributed by atoms with van der Waals surface area (Å²) in [5.41, 5.74) is 5.26. The fourth-order valence-electron chi connectivity index (χ4n) is 3.86. The Balaban J connectivity index is 1.62. The van der Waals surface area contributed by atoms with Crippen molar-refractivity contribution in [3.8, 4) is 5.75 Å². The van der Waals surface area contributed by atoms with Crippen LogP contribution in [0.3, 0.4) is 0 Å². The fraction of sp³-hybridized carbons (Fsp3) is 0.458. The van der Waals surface area contributed by atoms with Crippen LogP contribution in [0.15, 0.2) is 42.5 Å². The number of aryl methyl sites for hydroxylation is 2. The van der Waals surface area contributed by atoms with Gasteiger partial charge in [-0.3, -0.25) is 4.79 Å². The molecule has 144 valence electrons. The van der Waals surface area contributed by atoms with Crippen LogP contribution in [0.2, 0.25) is 0 Å². The van der Waals surface area contributed by atoms with Gasteiger partial charge in [0.05, 0.1) is 6.04 Å². The van der Waals surface area contributed by atoms with E-state index >= 15 is 0 Å². The molecular weight excluding hydrogens is 334 g/mol. The van der Waals surface area contributed by atoms with Gasteiger partial charge in [0.25, 0.3) is 5.91 Å². The summed E-state index contributed by atoms with van der Waals surface area (Å²) in [5, 5.41) is 3.14. The number of hydrogen-bond acceptors (Lipinski definition) is 2. The van der Waals surface area contributed by atoms with Crippen LogP contribution in [0.25, 0.3) is 0 Å². The first-order valence-corrected chi connectivity index (χ1v) is 10.2. The first kappa shape index (κ1) is 19.5. The van der Waals surface area contributed by atoms with E-state index in [1.54, 1.807) is 0 Å². The number of benzene rings is 2. The van der Waals surface area contributed by atoms with Crippen LogP contribution in [0.4, 0.5) is 0 Å². The predicted molar refractivity (Wildman–Crippen MR) is 110 cm³/mol. The molecule has 0 fully saturated rings. The molecule has 1 aliphatic rings. The average Bonchev–Trinajstić information content (AvgIpc) is 2.70. The van der Waals surface area contributed by atoms with Gasteiger partial charge in [0.2, 0.25) is 0 Å². The molecule has 3 nitrogen and oxygen atoms in total. The molecule has 0 aromatic heterocycles. The second-order valence-corrected chi connectivity index (χ2v) is 7.74. The maximum atomic E-state index is 12.5. The zero-order valence-electron chi connectivity index (χ0n) is 16.8. The Labute approximate surface area is 163 Å². The summed E-state index contributed by atoms with van der Waals surface area (Å²) >= 11 is 0.